The maximum Gasteiger partial charge on any atom is 0.343 e. The van der Waals surface area contributed by atoms with Crippen molar-refractivity contribution in [2.75, 3.05) is 0 Å². The first-order valence-corrected chi connectivity index (χ1v) is 8.93. The van der Waals surface area contributed by atoms with Crippen molar-refractivity contribution in [2.45, 2.75) is 6.54 Å². The van der Waals surface area contributed by atoms with Crippen LogP contribution in [-0.2, 0) is 11.3 Å². The molecule has 144 valence electrons. The second kappa shape index (κ2) is 9.40. The van der Waals surface area contributed by atoms with Gasteiger partial charge in [-0.05, 0) is 60.2 Å². The molecule has 0 bridgehead atoms. The van der Waals surface area contributed by atoms with E-state index in [2.05, 4.69) is 5.32 Å². The van der Waals surface area contributed by atoms with E-state index >= 15 is 0 Å². The average Bonchev–Trinajstić information content (AvgIpc) is 3.24. The van der Waals surface area contributed by atoms with Gasteiger partial charge in [0, 0.05) is 5.02 Å². The Morgan fingerprint density at radius 3 is 2.62 bits per heavy atom. The predicted octanol–water partition coefficient (Wildman–Crippen LogP) is 4.38. The molecule has 1 N–H and O–H groups in total. The highest BCUT2D eigenvalue weighted by Crippen LogP contribution is 2.18. The van der Waals surface area contributed by atoms with Crippen LogP contribution in [0.3, 0.4) is 0 Å². The molecule has 7 heteroatoms. The molecule has 0 saturated carbocycles. The summed E-state index contributed by atoms with van der Waals surface area (Å²) < 4.78 is 10.5. The van der Waals surface area contributed by atoms with Gasteiger partial charge in [0.05, 0.1) is 18.4 Å². The van der Waals surface area contributed by atoms with E-state index in [1.165, 1.54) is 12.3 Å². The minimum absolute atomic E-state index is 0.0854. The largest absolute Gasteiger partial charge is 0.467 e. The summed E-state index contributed by atoms with van der Waals surface area (Å²) >= 11 is 5.81. The number of hydrogen-bond donors (Lipinski definition) is 1. The third-order valence-electron chi connectivity index (χ3n) is 3.83. The molecule has 0 fully saturated rings. The minimum atomic E-state index is -0.542. The standard InChI is InChI=1S/C22H15ClN2O4/c23-18-8-6-16(7-9-18)22(27)29-19-4-1-3-15(12-19)11-17(13-24)21(26)25-14-20-5-2-10-28-20/h1-12H,14H2,(H,25,26). The van der Waals surface area contributed by atoms with Gasteiger partial charge in [0.15, 0.2) is 0 Å². The molecule has 0 aliphatic carbocycles. The van der Waals surface area contributed by atoms with Gasteiger partial charge in [0.2, 0.25) is 0 Å². The van der Waals surface area contributed by atoms with Gasteiger partial charge < -0.3 is 14.5 Å². The Labute approximate surface area is 172 Å². The van der Waals surface area contributed by atoms with E-state index in [4.69, 9.17) is 20.8 Å². The van der Waals surface area contributed by atoms with E-state index in [1.54, 1.807) is 60.7 Å². The summed E-state index contributed by atoms with van der Waals surface area (Å²) in [4.78, 5) is 24.4. The van der Waals surface area contributed by atoms with E-state index < -0.39 is 11.9 Å². The number of ether oxygens (including phenoxy) is 1. The first-order valence-electron chi connectivity index (χ1n) is 8.55. The van der Waals surface area contributed by atoms with Gasteiger partial charge in [-0.25, -0.2) is 4.79 Å². The molecule has 0 unspecified atom stereocenters. The number of rotatable bonds is 6. The average molecular weight is 407 g/mol. The van der Waals surface area contributed by atoms with Crippen molar-refractivity contribution < 1.29 is 18.7 Å². The number of amides is 1. The molecule has 1 aromatic heterocycles. The lowest BCUT2D eigenvalue weighted by Crippen LogP contribution is -2.23. The van der Waals surface area contributed by atoms with Crippen LogP contribution in [0.2, 0.25) is 5.02 Å². The fourth-order valence-electron chi connectivity index (χ4n) is 2.41. The summed E-state index contributed by atoms with van der Waals surface area (Å²) in [6.07, 6.45) is 2.91. The zero-order valence-corrected chi connectivity index (χ0v) is 15.8. The lowest BCUT2D eigenvalue weighted by molar-refractivity contribution is -0.117. The molecule has 1 heterocycles. The fraction of sp³-hybridized carbons (Fsp3) is 0.0455. The number of nitrogens with zero attached hydrogens (tertiary/aromatic N) is 1. The van der Waals surface area contributed by atoms with Crippen molar-refractivity contribution in [1.29, 1.82) is 5.26 Å². The number of carbonyl (C=O) groups is 2. The Kier molecular flexibility index (Phi) is 6.46. The second-order valence-electron chi connectivity index (χ2n) is 5.90. The van der Waals surface area contributed by atoms with Crippen LogP contribution in [0.4, 0.5) is 0 Å². The molecular weight excluding hydrogens is 392 g/mol. The Morgan fingerprint density at radius 2 is 1.93 bits per heavy atom. The number of esters is 1. The number of hydrogen-bond acceptors (Lipinski definition) is 5. The zero-order valence-electron chi connectivity index (χ0n) is 15.1. The fourth-order valence-corrected chi connectivity index (χ4v) is 2.54. The molecule has 0 aliphatic heterocycles. The second-order valence-corrected chi connectivity index (χ2v) is 6.34. The van der Waals surface area contributed by atoms with E-state index in [0.29, 0.717) is 21.9 Å². The summed E-state index contributed by atoms with van der Waals surface area (Å²) in [6.45, 7) is 0.170. The van der Waals surface area contributed by atoms with Gasteiger partial charge in [0.25, 0.3) is 5.91 Å². The molecule has 0 aliphatic rings. The highest BCUT2D eigenvalue weighted by Gasteiger charge is 2.11. The van der Waals surface area contributed by atoms with Gasteiger partial charge in [-0.1, -0.05) is 23.7 Å². The van der Waals surface area contributed by atoms with Crippen molar-refractivity contribution >= 4 is 29.6 Å². The van der Waals surface area contributed by atoms with Crippen molar-refractivity contribution in [1.82, 2.24) is 5.32 Å². The van der Waals surface area contributed by atoms with Crippen LogP contribution in [0.5, 0.6) is 5.75 Å². The lowest BCUT2D eigenvalue weighted by Gasteiger charge is -2.06. The normalized spacial score (nSPS) is 10.8. The minimum Gasteiger partial charge on any atom is -0.467 e. The third kappa shape index (κ3) is 5.58. The van der Waals surface area contributed by atoms with Crippen molar-refractivity contribution in [3.8, 4) is 11.8 Å². The zero-order chi connectivity index (χ0) is 20.6. The Bertz CT molecular complexity index is 1080. The number of furan rings is 1. The van der Waals surface area contributed by atoms with Crippen LogP contribution in [0, 0.1) is 11.3 Å². The van der Waals surface area contributed by atoms with E-state index in [0.717, 1.165) is 0 Å². The summed E-state index contributed by atoms with van der Waals surface area (Å²) in [7, 11) is 0. The number of halogens is 1. The number of carbonyl (C=O) groups excluding carboxylic acids is 2. The molecule has 0 radical (unpaired) electrons. The summed E-state index contributed by atoms with van der Waals surface area (Å²) in [6, 6.07) is 18.1. The van der Waals surface area contributed by atoms with E-state index in [9.17, 15) is 14.9 Å². The maximum absolute atomic E-state index is 12.2. The molecule has 3 rings (SSSR count). The highest BCUT2D eigenvalue weighted by molar-refractivity contribution is 6.30. The first kappa shape index (κ1) is 19.9. The topological polar surface area (TPSA) is 92.3 Å². The maximum atomic E-state index is 12.2. The van der Waals surface area contributed by atoms with Gasteiger partial charge in [-0.3, -0.25) is 4.79 Å². The van der Waals surface area contributed by atoms with Crippen LogP contribution in [-0.4, -0.2) is 11.9 Å². The van der Waals surface area contributed by atoms with Crippen molar-refractivity contribution in [2.24, 2.45) is 0 Å². The van der Waals surface area contributed by atoms with Crippen LogP contribution >= 0.6 is 11.6 Å². The Morgan fingerprint density at radius 1 is 1.14 bits per heavy atom. The Balaban J connectivity index is 1.69. The molecule has 3 aromatic rings. The molecule has 29 heavy (non-hydrogen) atoms. The van der Waals surface area contributed by atoms with Crippen LogP contribution in [0.15, 0.2) is 76.9 Å². The SMILES string of the molecule is N#CC(=Cc1cccc(OC(=O)c2ccc(Cl)cc2)c1)C(=O)NCc1ccco1. The van der Waals surface area contributed by atoms with Crippen molar-refractivity contribution in [3.63, 3.8) is 0 Å². The van der Waals surface area contributed by atoms with Crippen LogP contribution in [0.1, 0.15) is 21.7 Å². The molecule has 6 nitrogen and oxygen atoms in total. The quantitative estimate of drug-likeness (QED) is 0.284. The summed E-state index contributed by atoms with van der Waals surface area (Å²) in [5.41, 5.74) is 0.805. The van der Waals surface area contributed by atoms with Gasteiger partial charge in [-0.2, -0.15) is 5.26 Å². The molecule has 0 atom stereocenters. The smallest absolute Gasteiger partial charge is 0.343 e. The van der Waals surface area contributed by atoms with Gasteiger partial charge in [-0.15, -0.1) is 0 Å². The Hall–Kier alpha value is -3.82. The number of nitrogens with one attached hydrogen (secondary N) is 1. The summed E-state index contributed by atoms with van der Waals surface area (Å²) in [5, 5.41) is 12.4. The lowest BCUT2D eigenvalue weighted by atomic mass is 10.1. The monoisotopic (exact) mass is 406 g/mol. The summed E-state index contributed by atoms with van der Waals surface area (Å²) in [5.74, 6) is -0.217. The molecular formula is C22H15ClN2O4. The third-order valence-corrected chi connectivity index (χ3v) is 4.08. The van der Waals surface area contributed by atoms with E-state index in [1.807, 2.05) is 6.07 Å². The van der Waals surface area contributed by atoms with Gasteiger partial charge >= 0.3 is 5.97 Å². The van der Waals surface area contributed by atoms with Crippen LogP contribution < -0.4 is 10.1 Å². The molecule has 0 spiro atoms. The van der Waals surface area contributed by atoms with E-state index in [-0.39, 0.29) is 17.9 Å². The molecule has 1 amide bonds. The predicted molar refractivity (Wildman–Crippen MR) is 107 cm³/mol. The molecule has 2 aromatic carbocycles. The van der Waals surface area contributed by atoms with Crippen molar-refractivity contribution in [3.05, 3.63) is 94.4 Å². The van der Waals surface area contributed by atoms with Gasteiger partial charge in [0.1, 0.15) is 23.2 Å². The number of nitriles is 1. The first-order chi connectivity index (χ1) is 14.0. The number of benzene rings is 2. The van der Waals surface area contributed by atoms with Crippen LogP contribution in [0.25, 0.3) is 6.08 Å². The molecule has 0 saturated heterocycles. The highest BCUT2D eigenvalue weighted by atomic mass is 35.5.